The lowest BCUT2D eigenvalue weighted by atomic mass is 10.2. The molecule has 7 nitrogen and oxygen atoms in total. The van der Waals surface area contributed by atoms with Gasteiger partial charge in [0, 0.05) is 51.3 Å². The second kappa shape index (κ2) is 7.54. The minimum atomic E-state index is -0.160. The second-order valence-corrected chi connectivity index (χ2v) is 5.60. The Bertz CT molecular complexity index is 699. The van der Waals surface area contributed by atoms with Gasteiger partial charge in [-0.1, -0.05) is 0 Å². The molecule has 0 saturated carbocycles. The molecule has 1 saturated heterocycles. The minimum Gasteiger partial charge on any atom is -0.367 e. The average molecular weight is 325 g/mol. The zero-order chi connectivity index (χ0) is 16.8. The van der Waals surface area contributed by atoms with Crippen molar-refractivity contribution >= 4 is 18.0 Å². The normalized spacial score (nSPS) is 14.3. The summed E-state index contributed by atoms with van der Waals surface area (Å²) in [5, 5.41) is 2.88. The molecule has 24 heavy (non-hydrogen) atoms. The van der Waals surface area contributed by atoms with E-state index in [1.165, 1.54) is 0 Å². The quantitative estimate of drug-likeness (QED) is 0.818. The summed E-state index contributed by atoms with van der Waals surface area (Å²) in [5.74, 6) is -0.160. The Morgan fingerprint density at radius 3 is 2.58 bits per heavy atom. The molecular weight excluding hydrogens is 306 g/mol. The van der Waals surface area contributed by atoms with Gasteiger partial charge in [-0.25, -0.2) is 0 Å². The molecule has 0 spiro atoms. The van der Waals surface area contributed by atoms with Crippen LogP contribution in [0.25, 0.3) is 0 Å². The molecule has 0 aromatic carbocycles. The van der Waals surface area contributed by atoms with Crippen LogP contribution < -0.4 is 10.2 Å². The lowest BCUT2D eigenvalue weighted by molar-refractivity contribution is -0.118. The van der Waals surface area contributed by atoms with Crippen molar-refractivity contribution in [3.8, 4) is 0 Å². The molecule has 0 aliphatic carbocycles. The van der Waals surface area contributed by atoms with Crippen LogP contribution in [0.1, 0.15) is 15.9 Å². The van der Waals surface area contributed by atoms with Crippen LogP contribution in [-0.2, 0) is 11.3 Å². The summed E-state index contributed by atoms with van der Waals surface area (Å²) in [6.45, 7) is 3.29. The van der Waals surface area contributed by atoms with E-state index >= 15 is 0 Å². The molecule has 2 aromatic heterocycles. The Labute approximate surface area is 140 Å². The molecule has 3 heterocycles. The zero-order valence-electron chi connectivity index (χ0n) is 13.3. The second-order valence-electron chi connectivity index (χ2n) is 5.60. The molecule has 1 aliphatic heterocycles. The minimum absolute atomic E-state index is 0.160. The number of aromatic nitrogens is 2. The highest BCUT2D eigenvalue weighted by atomic mass is 16.1. The number of piperazine rings is 1. The molecular formula is C17H19N5O2. The maximum Gasteiger partial charge on any atom is 0.253 e. The third kappa shape index (κ3) is 3.87. The summed E-state index contributed by atoms with van der Waals surface area (Å²) in [4.78, 5) is 35.1. The third-order valence-corrected chi connectivity index (χ3v) is 4.02. The first-order valence-electron chi connectivity index (χ1n) is 7.83. The fourth-order valence-corrected chi connectivity index (χ4v) is 2.60. The van der Waals surface area contributed by atoms with E-state index in [2.05, 4.69) is 20.2 Å². The first-order chi connectivity index (χ1) is 11.8. The number of nitrogens with zero attached hydrogens (tertiary/aromatic N) is 4. The molecule has 0 radical (unpaired) electrons. The predicted molar refractivity (Wildman–Crippen MR) is 89.5 cm³/mol. The summed E-state index contributed by atoms with van der Waals surface area (Å²) in [7, 11) is 0. The SMILES string of the molecule is O=CN1CCN(c2cncc(C(=O)NCc3ccncc3)c2)CC1. The Hall–Kier alpha value is -2.96. The van der Waals surface area contributed by atoms with Crippen molar-refractivity contribution in [3.05, 3.63) is 54.1 Å². The van der Waals surface area contributed by atoms with E-state index < -0.39 is 0 Å². The average Bonchev–Trinajstić information content (AvgIpc) is 2.67. The highest BCUT2D eigenvalue weighted by Crippen LogP contribution is 2.16. The van der Waals surface area contributed by atoms with Gasteiger partial charge >= 0.3 is 0 Å². The summed E-state index contributed by atoms with van der Waals surface area (Å²) in [6, 6.07) is 5.56. The number of hydrogen-bond acceptors (Lipinski definition) is 5. The largest absolute Gasteiger partial charge is 0.367 e. The third-order valence-electron chi connectivity index (χ3n) is 4.02. The fraction of sp³-hybridized carbons (Fsp3) is 0.294. The van der Waals surface area contributed by atoms with E-state index in [0.717, 1.165) is 30.8 Å². The van der Waals surface area contributed by atoms with Gasteiger partial charge in [-0.3, -0.25) is 19.6 Å². The van der Waals surface area contributed by atoms with Gasteiger partial charge in [0.05, 0.1) is 17.4 Å². The molecule has 1 N–H and O–H groups in total. The van der Waals surface area contributed by atoms with E-state index in [1.807, 2.05) is 18.2 Å². The lowest BCUT2D eigenvalue weighted by Gasteiger charge is -2.34. The zero-order valence-corrected chi connectivity index (χ0v) is 13.3. The molecule has 1 fully saturated rings. The van der Waals surface area contributed by atoms with Crippen molar-refractivity contribution in [3.63, 3.8) is 0 Å². The van der Waals surface area contributed by atoms with Crippen LogP contribution in [0.5, 0.6) is 0 Å². The summed E-state index contributed by atoms with van der Waals surface area (Å²) in [5.41, 5.74) is 2.42. The van der Waals surface area contributed by atoms with Crippen LogP contribution in [0.2, 0.25) is 0 Å². The molecule has 2 aromatic rings. The van der Waals surface area contributed by atoms with Crippen molar-refractivity contribution in [1.82, 2.24) is 20.2 Å². The van der Waals surface area contributed by atoms with Gasteiger partial charge in [0.2, 0.25) is 6.41 Å². The van der Waals surface area contributed by atoms with E-state index in [1.54, 1.807) is 29.7 Å². The fourth-order valence-electron chi connectivity index (χ4n) is 2.60. The molecule has 0 unspecified atom stereocenters. The molecule has 7 heteroatoms. The Balaban J connectivity index is 1.62. The van der Waals surface area contributed by atoms with Crippen LogP contribution >= 0.6 is 0 Å². The highest BCUT2D eigenvalue weighted by Gasteiger charge is 2.17. The topological polar surface area (TPSA) is 78.4 Å². The van der Waals surface area contributed by atoms with Gasteiger partial charge in [0.1, 0.15) is 0 Å². The lowest BCUT2D eigenvalue weighted by Crippen LogP contribution is -2.45. The Morgan fingerprint density at radius 2 is 1.88 bits per heavy atom. The van der Waals surface area contributed by atoms with Crippen molar-refractivity contribution in [2.24, 2.45) is 0 Å². The molecule has 3 rings (SSSR count). The van der Waals surface area contributed by atoms with Gasteiger partial charge < -0.3 is 15.1 Å². The number of nitrogens with one attached hydrogen (secondary N) is 1. The number of carbonyl (C=O) groups is 2. The van der Waals surface area contributed by atoms with Crippen LogP contribution in [0.4, 0.5) is 5.69 Å². The van der Waals surface area contributed by atoms with Gasteiger partial charge in [-0.2, -0.15) is 0 Å². The highest BCUT2D eigenvalue weighted by molar-refractivity contribution is 5.94. The van der Waals surface area contributed by atoms with E-state index in [0.29, 0.717) is 25.2 Å². The number of hydrogen-bond donors (Lipinski definition) is 1. The molecule has 1 aliphatic rings. The smallest absolute Gasteiger partial charge is 0.253 e. The Morgan fingerprint density at radius 1 is 1.12 bits per heavy atom. The predicted octanol–water partition coefficient (Wildman–Crippen LogP) is 0.685. The molecule has 124 valence electrons. The van der Waals surface area contributed by atoms with Crippen molar-refractivity contribution in [2.45, 2.75) is 6.54 Å². The number of rotatable bonds is 5. The van der Waals surface area contributed by atoms with E-state index in [-0.39, 0.29) is 5.91 Å². The van der Waals surface area contributed by atoms with Crippen molar-refractivity contribution in [1.29, 1.82) is 0 Å². The number of pyridine rings is 2. The molecule has 2 amide bonds. The van der Waals surface area contributed by atoms with Crippen LogP contribution in [-0.4, -0.2) is 53.4 Å². The van der Waals surface area contributed by atoms with Gasteiger partial charge in [-0.15, -0.1) is 0 Å². The van der Waals surface area contributed by atoms with E-state index in [4.69, 9.17) is 0 Å². The first-order valence-corrected chi connectivity index (χ1v) is 7.83. The van der Waals surface area contributed by atoms with Crippen molar-refractivity contribution < 1.29 is 9.59 Å². The van der Waals surface area contributed by atoms with Gasteiger partial charge in [0.25, 0.3) is 5.91 Å². The van der Waals surface area contributed by atoms with Crippen LogP contribution in [0, 0.1) is 0 Å². The summed E-state index contributed by atoms with van der Waals surface area (Å²) < 4.78 is 0. The maximum absolute atomic E-state index is 12.3. The summed E-state index contributed by atoms with van der Waals surface area (Å²) in [6.07, 6.45) is 7.58. The van der Waals surface area contributed by atoms with Crippen LogP contribution in [0.15, 0.2) is 43.0 Å². The Kier molecular flexibility index (Phi) is 5.00. The first kappa shape index (κ1) is 15.9. The standard InChI is InChI=1S/C17H19N5O2/c23-13-21-5-7-22(8-6-21)16-9-15(11-19-12-16)17(24)20-10-14-1-3-18-4-2-14/h1-4,9,11-13H,5-8,10H2,(H,20,24). The van der Waals surface area contributed by atoms with E-state index in [9.17, 15) is 9.59 Å². The number of carbonyl (C=O) groups excluding carboxylic acids is 2. The number of anilines is 1. The molecule has 0 bridgehead atoms. The van der Waals surface area contributed by atoms with Crippen molar-refractivity contribution in [2.75, 3.05) is 31.1 Å². The number of amides is 2. The monoisotopic (exact) mass is 325 g/mol. The maximum atomic E-state index is 12.3. The van der Waals surface area contributed by atoms with Gasteiger partial charge in [0.15, 0.2) is 0 Å². The molecule has 0 atom stereocenters. The van der Waals surface area contributed by atoms with Gasteiger partial charge in [-0.05, 0) is 23.8 Å². The summed E-state index contributed by atoms with van der Waals surface area (Å²) >= 11 is 0. The van der Waals surface area contributed by atoms with Crippen LogP contribution in [0.3, 0.4) is 0 Å².